The van der Waals surface area contributed by atoms with Gasteiger partial charge in [0.05, 0.1) is 24.2 Å². The van der Waals surface area contributed by atoms with E-state index in [0.717, 1.165) is 10.8 Å². The van der Waals surface area contributed by atoms with Crippen molar-refractivity contribution in [2.75, 3.05) is 18.9 Å². The zero-order valence-corrected chi connectivity index (χ0v) is 11.8. The molecule has 2 aromatic rings. The van der Waals surface area contributed by atoms with E-state index < -0.39 is 36.0 Å². The number of rotatable bonds is 3. The van der Waals surface area contributed by atoms with E-state index in [4.69, 9.17) is 16.2 Å². The van der Waals surface area contributed by atoms with Crippen LogP contribution in [0.25, 0.3) is 11.0 Å². The van der Waals surface area contributed by atoms with Crippen molar-refractivity contribution in [1.29, 1.82) is 0 Å². The highest BCUT2D eigenvalue weighted by Gasteiger charge is 2.52. The molecule has 2 aromatic heterocycles. The minimum atomic E-state index is -2.14. The standard InChI is InChI=1S/C12H15N5O6/c13-8(20)4-1-17(9-7(4)10(21)16-11(14)15-9)12(22)5(19)3-23-6(12)2-18/h1,5-6,18-19,22H,2-3H2,(H2,13,20)(H3,14,15,16,21)/t5-,6+,12+/m0/s1. The first-order valence-electron chi connectivity index (χ1n) is 6.64. The first-order chi connectivity index (χ1) is 10.8. The molecule has 23 heavy (non-hydrogen) atoms. The molecule has 1 saturated heterocycles. The largest absolute Gasteiger partial charge is 0.393 e. The van der Waals surface area contributed by atoms with E-state index in [9.17, 15) is 24.9 Å². The van der Waals surface area contributed by atoms with Gasteiger partial charge in [-0.2, -0.15) is 4.98 Å². The Bertz CT molecular complexity index is 844. The molecule has 1 amide bonds. The number of aliphatic hydroxyl groups is 3. The lowest BCUT2D eigenvalue weighted by atomic mass is 10.0. The van der Waals surface area contributed by atoms with Gasteiger partial charge in [0.2, 0.25) is 11.7 Å². The van der Waals surface area contributed by atoms with Crippen LogP contribution in [-0.4, -0.2) is 61.2 Å². The molecule has 1 fully saturated rings. The van der Waals surface area contributed by atoms with Crippen LogP contribution in [0.1, 0.15) is 10.4 Å². The number of primary amides is 1. The zero-order chi connectivity index (χ0) is 16.9. The number of nitrogen functional groups attached to an aromatic ring is 1. The number of anilines is 1. The smallest absolute Gasteiger partial charge is 0.262 e. The lowest BCUT2D eigenvalue weighted by Crippen LogP contribution is -2.50. The highest BCUT2D eigenvalue weighted by atomic mass is 16.6. The third kappa shape index (κ3) is 2.02. The van der Waals surface area contributed by atoms with Gasteiger partial charge in [0.25, 0.3) is 11.5 Å². The molecule has 124 valence electrons. The Morgan fingerprint density at radius 2 is 2.30 bits per heavy atom. The van der Waals surface area contributed by atoms with Gasteiger partial charge in [-0.05, 0) is 0 Å². The highest BCUT2D eigenvalue weighted by molar-refractivity contribution is 6.05. The molecule has 3 heterocycles. The number of ether oxygens (including phenoxy) is 1. The molecule has 0 bridgehead atoms. The fraction of sp³-hybridized carbons (Fsp3) is 0.417. The molecule has 11 nitrogen and oxygen atoms in total. The summed E-state index contributed by atoms with van der Waals surface area (Å²) in [6, 6.07) is 0. The van der Waals surface area contributed by atoms with E-state index in [0.29, 0.717) is 0 Å². The van der Waals surface area contributed by atoms with Gasteiger partial charge in [-0.25, -0.2) is 0 Å². The van der Waals surface area contributed by atoms with Crippen molar-refractivity contribution in [1.82, 2.24) is 14.5 Å². The molecule has 0 aliphatic carbocycles. The number of carbonyl (C=O) groups is 1. The summed E-state index contributed by atoms with van der Waals surface area (Å²) >= 11 is 0. The number of nitrogens with one attached hydrogen (secondary N) is 1. The average molecular weight is 325 g/mol. The molecule has 0 unspecified atom stereocenters. The molecule has 11 heteroatoms. The van der Waals surface area contributed by atoms with Gasteiger partial charge in [-0.3, -0.25) is 19.1 Å². The number of nitrogens with two attached hydrogens (primary N) is 2. The quantitative estimate of drug-likeness (QED) is 0.340. The lowest BCUT2D eigenvalue weighted by Gasteiger charge is -2.31. The van der Waals surface area contributed by atoms with E-state index >= 15 is 0 Å². The minimum absolute atomic E-state index is 0.162. The van der Waals surface area contributed by atoms with Crippen LogP contribution in [0.5, 0.6) is 0 Å². The number of carbonyl (C=O) groups excluding carboxylic acids is 1. The van der Waals surface area contributed by atoms with Gasteiger partial charge in [-0.15, -0.1) is 0 Å². The highest BCUT2D eigenvalue weighted by Crippen LogP contribution is 2.34. The summed E-state index contributed by atoms with van der Waals surface area (Å²) in [5.74, 6) is -1.18. The fourth-order valence-corrected chi connectivity index (χ4v) is 2.78. The Kier molecular flexibility index (Phi) is 3.37. The maximum atomic E-state index is 12.1. The normalized spacial score (nSPS) is 27.6. The predicted octanol–water partition coefficient (Wildman–Crippen LogP) is -3.20. The van der Waals surface area contributed by atoms with Crippen LogP contribution in [-0.2, 0) is 10.5 Å². The van der Waals surface area contributed by atoms with Crippen LogP contribution in [0.2, 0.25) is 0 Å². The molecular weight excluding hydrogens is 310 g/mol. The molecule has 3 atom stereocenters. The van der Waals surface area contributed by atoms with E-state index in [1.54, 1.807) is 0 Å². The maximum Gasteiger partial charge on any atom is 0.262 e. The van der Waals surface area contributed by atoms with Crippen molar-refractivity contribution in [3.63, 3.8) is 0 Å². The summed E-state index contributed by atoms with van der Waals surface area (Å²) in [5, 5.41) is 30.1. The maximum absolute atomic E-state index is 12.1. The molecule has 1 aliphatic heterocycles. The van der Waals surface area contributed by atoms with Crippen molar-refractivity contribution < 1.29 is 24.9 Å². The first-order valence-corrected chi connectivity index (χ1v) is 6.64. The fourth-order valence-electron chi connectivity index (χ4n) is 2.78. The molecule has 1 aliphatic rings. The molecule has 0 aromatic carbocycles. The van der Waals surface area contributed by atoms with E-state index in [2.05, 4.69) is 9.97 Å². The molecule has 8 N–H and O–H groups in total. The monoisotopic (exact) mass is 325 g/mol. The number of H-pyrrole nitrogens is 1. The summed E-state index contributed by atoms with van der Waals surface area (Å²) in [4.78, 5) is 29.8. The first kappa shape index (κ1) is 15.4. The van der Waals surface area contributed by atoms with Gasteiger partial charge >= 0.3 is 0 Å². The zero-order valence-electron chi connectivity index (χ0n) is 11.8. The van der Waals surface area contributed by atoms with Gasteiger partial charge in [0.15, 0.2) is 5.65 Å². The van der Waals surface area contributed by atoms with Crippen LogP contribution in [0, 0.1) is 0 Å². The molecule has 3 rings (SSSR count). The predicted molar refractivity (Wildman–Crippen MR) is 76.3 cm³/mol. The van der Waals surface area contributed by atoms with Crippen molar-refractivity contribution in [2.45, 2.75) is 17.9 Å². The van der Waals surface area contributed by atoms with Gasteiger partial charge in [0, 0.05) is 6.20 Å². The molecule has 0 spiro atoms. The van der Waals surface area contributed by atoms with Crippen LogP contribution in [0.15, 0.2) is 11.0 Å². The Labute approximate surface area is 128 Å². The summed E-state index contributed by atoms with van der Waals surface area (Å²) in [6.07, 6.45) is -1.55. The van der Waals surface area contributed by atoms with E-state index in [1.165, 1.54) is 0 Å². The summed E-state index contributed by atoms with van der Waals surface area (Å²) in [6.45, 7) is -0.871. The van der Waals surface area contributed by atoms with E-state index in [1.807, 2.05) is 0 Å². The number of amides is 1. The third-order valence-corrected chi connectivity index (χ3v) is 3.91. The van der Waals surface area contributed by atoms with Gasteiger partial charge < -0.3 is 31.5 Å². The number of aromatic amines is 1. The second kappa shape index (κ2) is 5.03. The summed E-state index contributed by atoms with van der Waals surface area (Å²) in [5.41, 5.74) is 7.52. The number of hydrogen-bond acceptors (Lipinski definition) is 8. The SMILES string of the molecule is NC(=O)c1cn([C@@]2(O)[C@@H](O)CO[C@@H]2CO)c2nc(N)[nH]c(=O)c12. The molecule has 0 saturated carbocycles. The lowest BCUT2D eigenvalue weighted by molar-refractivity contribution is -0.147. The molecule has 0 radical (unpaired) electrons. The number of hydrogen-bond donors (Lipinski definition) is 6. The van der Waals surface area contributed by atoms with Crippen molar-refractivity contribution in [3.8, 4) is 0 Å². The number of aromatic nitrogens is 3. The minimum Gasteiger partial charge on any atom is -0.393 e. The number of nitrogens with zero attached hydrogens (tertiary/aromatic N) is 2. The Morgan fingerprint density at radius 1 is 1.61 bits per heavy atom. The topological polar surface area (TPSA) is 190 Å². The van der Waals surface area contributed by atoms with Crippen LogP contribution >= 0.6 is 0 Å². The van der Waals surface area contributed by atoms with E-state index in [-0.39, 0.29) is 29.2 Å². The van der Waals surface area contributed by atoms with Crippen molar-refractivity contribution in [3.05, 3.63) is 22.1 Å². The Balaban J connectivity index is 2.38. The second-order valence-electron chi connectivity index (χ2n) is 5.23. The van der Waals surface area contributed by atoms with Crippen LogP contribution < -0.4 is 17.0 Å². The third-order valence-electron chi connectivity index (χ3n) is 3.91. The Hall–Kier alpha value is -2.47. The Morgan fingerprint density at radius 3 is 2.91 bits per heavy atom. The number of fused-ring (bicyclic) bond motifs is 1. The second-order valence-corrected chi connectivity index (χ2v) is 5.23. The van der Waals surface area contributed by atoms with Gasteiger partial charge in [-0.1, -0.05) is 0 Å². The summed E-state index contributed by atoms with van der Waals surface area (Å²) in [7, 11) is 0. The van der Waals surface area contributed by atoms with Crippen LogP contribution in [0.3, 0.4) is 0 Å². The number of aliphatic hydroxyl groups excluding tert-OH is 2. The summed E-state index contributed by atoms with van der Waals surface area (Å²) < 4.78 is 6.11. The average Bonchev–Trinajstić information content (AvgIpc) is 2.99. The van der Waals surface area contributed by atoms with Crippen LogP contribution in [0.4, 0.5) is 5.95 Å². The van der Waals surface area contributed by atoms with Crippen molar-refractivity contribution in [2.24, 2.45) is 5.73 Å². The van der Waals surface area contributed by atoms with Gasteiger partial charge in [0.1, 0.15) is 12.2 Å². The van der Waals surface area contributed by atoms with Crippen molar-refractivity contribution >= 4 is 22.9 Å². The molecular formula is C12H15N5O6.